The van der Waals surface area contributed by atoms with Crippen LogP contribution in [-0.2, 0) is 6.54 Å². The van der Waals surface area contributed by atoms with Gasteiger partial charge in [0.2, 0.25) is 0 Å². The Balaban J connectivity index is 1.51. The van der Waals surface area contributed by atoms with Gasteiger partial charge in [-0.25, -0.2) is 0 Å². The first-order valence-corrected chi connectivity index (χ1v) is 8.95. The van der Waals surface area contributed by atoms with Gasteiger partial charge in [0.05, 0.1) is 7.11 Å². The van der Waals surface area contributed by atoms with E-state index in [4.69, 9.17) is 4.74 Å². The third-order valence-electron chi connectivity index (χ3n) is 5.33. The second kappa shape index (κ2) is 7.98. The van der Waals surface area contributed by atoms with Crippen LogP contribution in [0.25, 0.3) is 0 Å². The average molecular weight is 302 g/mol. The largest absolute Gasteiger partial charge is 0.496 e. The molecule has 3 nitrogen and oxygen atoms in total. The van der Waals surface area contributed by atoms with E-state index in [0.717, 1.165) is 18.3 Å². The Morgan fingerprint density at radius 1 is 0.955 bits per heavy atom. The standard InChI is InChI=1S/C19H30N2O/c1-22-19-11-7-6-8-17(19)16-20-12-14-21(15-13-20)18-9-4-2-3-5-10-18/h6-8,11,18H,2-5,9-10,12-16H2,1H3. The lowest BCUT2D eigenvalue weighted by Gasteiger charge is -2.39. The second-order valence-electron chi connectivity index (χ2n) is 6.77. The van der Waals surface area contributed by atoms with E-state index in [2.05, 4.69) is 28.0 Å². The van der Waals surface area contributed by atoms with Crippen LogP contribution in [0, 0.1) is 0 Å². The Kier molecular flexibility index (Phi) is 5.74. The van der Waals surface area contributed by atoms with Crippen LogP contribution in [0.4, 0.5) is 0 Å². The normalized spacial score (nSPS) is 22.4. The summed E-state index contributed by atoms with van der Waals surface area (Å²) in [6, 6.07) is 9.27. The third kappa shape index (κ3) is 4.02. The molecule has 0 aromatic heterocycles. The van der Waals surface area contributed by atoms with E-state index in [1.807, 2.05) is 6.07 Å². The van der Waals surface area contributed by atoms with Gasteiger partial charge in [-0.2, -0.15) is 0 Å². The van der Waals surface area contributed by atoms with Crippen LogP contribution in [0.1, 0.15) is 44.1 Å². The fourth-order valence-electron chi connectivity index (χ4n) is 3.98. The number of benzene rings is 1. The molecule has 0 atom stereocenters. The van der Waals surface area contributed by atoms with Crippen LogP contribution in [-0.4, -0.2) is 49.1 Å². The molecule has 1 aromatic rings. The Morgan fingerprint density at radius 3 is 2.32 bits per heavy atom. The quantitative estimate of drug-likeness (QED) is 0.791. The van der Waals surface area contributed by atoms with Crippen molar-refractivity contribution in [3.63, 3.8) is 0 Å². The van der Waals surface area contributed by atoms with Gasteiger partial charge in [-0.15, -0.1) is 0 Å². The Hall–Kier alpha value is -1.06. The zero-order chi connectivity index (χ0) is 15.2. The SMILES string of the molecule is COc1ccccc1CN1CCN(C2CCCCCC2)CC1. The van der Waals surface area contributed by atoms with E-state index in [-0.39, 0.29) is 0 Å². The number of piperazine rings is 1. The van der Waals surface area contributed by atoms with Gasteiger partial charge in [-0.1, -0.05) is 43.9 Å². The molecule has 1 aliphatic carbocycles. The number of nitrogens with zero attached hydrogens (tertiary/aromatic N) is 2. The fourth-order valence-corrected chi connectivity index (χ4v) is 3.98. The molecule has 1 aromatic carbocycles. The molecule has 1 aliphatic heterocycles. The van der Waals surface area contributed by atoms with Gasteiger partial charge in [0.1, 0.15) is 5.75 Å². The van der Waals surface area contributed by atoms with Crippen molar-refractivity contribution in [2.24, 2.45) is 0 Å². The molecule has 3 rings (SSSR count). The molecular weight excluding hydrogens is 272 g/mol. The van der Waals surface area contributed by atoms with E-state index < -0.39 is 0 Å². The Labute approximate surface area is 135 Å². The number of hydrogen-bond donors (Lipinski definition) is 0. The lowest BCUT2D eigenvalue weighted by molar-refractivity contribution is 0.0847. The molecule has 0 radical (unpaired) electrons. The molecule has 0 spiro atoms. The molecule has 1 saturated carbocycles. The summed E-state index contributed by atoms with van der Waals surface area (Å²) in [5.74, 6) is 1.02. The minimum absolute atomic E-state index is 0.857. The average Bonchev–Trinajstić information content (AvgIpc) is 2.85. The third-order valence-corrected chi connectivity index (χ3v) is 5.33. The summed E-state index contributed by atoms with van der Waals surface area (Å²) in [5.41, 5.74) is 1.31. The van der Waals surface area contributed by atoms with Crippen molar-refractivity contribution in [3.05, 3.63) is 29.8 Å². The highest BCUT2D eigenvalue weighted by atomic mass is 16.5. The lowest BCUT2D eigenvalue weighted by atomic mass is 10.1. The number of methoxy groups -OCH3 is 1. The molecule has 0 N–H and O–H groups in total. The van der Waals surface area contributed by atoms with Gasteiger partial charge in [-0.3, -0.25) is 9.80 Å². The summed E-state index contributed by atoms with van der Waals surface area (Å²) in [6.45, 7) is 5.87. The van der Waals surface area contributed by atoms with Crippen LogP contribution < -0.4 is 4.74 Å². The van der Waals surface area contributed by atoms with Crippen molar-refractivity contribution in [2.75, 3.05) is 33.3 Å². The van der Waals surface area contributed by atoms with Gasteiger partial charge in [0.25, 0.3) is 0 Å². The molecule has 2 aliphatic rings. The van der Waals surface area contributed by atoms with Crippen LogP contribution >= 0.6 is 0 Å². The summed E-state index contributed by atoms with van der Waals surface area (Å²) in [6.07, 6.45) is 8.62. The van der Waals surface area contributed by atoms with Gasteiger partial charge in [0.15, 0.2) is 0 Å². The molecule has 122 valence electrons. The summed E-state index contributed by atoms with van der Waals surface area (Å²) >= 11 is 0. The molecule has 0 bridgehead atoms. The van der Waals surface area contributed by atoms with E-state index in [9.17, 15) is 0 Å². The maximum absolute atomic E-state index is 5.48. The minimum Gasteiger partial charge on any atom is -0.496 e. The highest BCUT2D eigenvalue weighted by molar-refractivity contribution is 5.33. The lowest BCUT2D eigenvalue weighted by Crippen LogP contribution is -2.49. The summed E-state index contributed by atoms with van der Waals surface area (Å²) in [7, 11) is 1.77. The number of ether oxygens (including phenoxy) is 1. The van der Waals surface area contributed by atoms with E-state index >= 15 is 0 Å². The molecular formula is C19H30N2O. The van der Waals surface area contributed by atoms with Crippen molar-refractivity contribution < 1.29 is 4.74 Å². The number of para-hydroxylation sites is 1. The van der Waals surface area contributed by atoms with Crippen molar-refractivity contribution in [3.8, 4) is 5.75 Å². The first-order chi connectivity index (χ1) is 10.9. The van der Waals surface area contributed by atoms with Crippen LogP contribution in [0.2, 0.25) is 0 Å². The zero-order valence-corrected chi connectivity index (χ0v) is 14.0. The predicted octanol–water partition coefficient (Wildman–Crippen LogP) is 3.54. The Morgan fingerprint density at radius 2 is 1.64 bits per heavy atom. The van der Waals surface area contributed by atoms with Crippen molar-refractivity contribution in [1.29, 1.82) is 0 Å². The minimum atomic E-state index is 0.857. The van der Waals surface area contributed by atoms with Crippen LogP contribution in [0.5, 0.6) is 5.75 Å². The van der Waals surface area contributed by atoms with E-state index in [1.165, 1.54) is 70.3 Å². The molecule has 3 heteroatoms. The summed E-state index contributed by atoms with van der Waals surface area (Å²) in [4.78, 5) is 5.33. The van der Waals surface area contributed by atoms with Crippen LogP contribution in [0.15, 0.2) is 24.3 Å². The second-order valence-corrected chi connectivity index (χ2v) is 6.77. The van der Waals surface area contributed by atoms with Crippen LogP contribution in [0.3, 0.4) is 0 Å². The van der Waals surface area contributed by atoms with Crippen molar-refractivity contribution >= 4 is 0 Å². The number of rotatable bonds is 4. The maximum atomic E-state index is 5.48. The monoisotopic (exact) mass is 302 g/mol. The first kappa shape index (κ1) is 15.8. The fraction of sp³-hybridized carbons (Fsp3) is 0.684. The van der Waals surface area contributed by atoms with Crippen molar-refractivity contribution in [1.82, 2.24) is 9.80 Å². The smallest absolute Gasteiger partial charge is 0.123 e. The number of hydrogen-bond acceptors (Lipinski definition) is 3. The predicted molar refractivity (Wildman–Crippen MR) is 91.3 cm³/mol. The molecule has 1 heterocycles. The van der Waals surface area contributed by atoms with Gasteiger partial charge in [0, 0.05) is 44.3 Å². The Bertz CT molecular complexity index is 447. The van der Waals surface area contributed by atoms with Gasteiger partial charge < -0.3 is 4.74 Å². The molecule has 0 unspecified atom stereocenters. The highest BCUT2D eigenvalue weighted by Gasteiger charge is 2.24. The van der Waals surface area contributed by atoms with Gasteiger partial charge >= 0.3 is 0 Å². The van der Waals surface area contributed by atoms with E-state index in [0.29, 0.717) is 0 Å². The molecule has 0 amide bonds. The molecule has 22 heavy (non-hydrogen) atoms. The molecule has 1 saturated heterocycles. The van der Waals surface area contributed by atoms with E-state index in [1.54, 1.807) is 7.11 Å². The zero-order valence-electron chi connectivity index (χ0n) is 14.0. The highest BCUT2D eigenvalue weighted by Crippen LogP contribution is 2.24. The maximum Gasteiger partial charge on any atom is 0.123 e. The first-order valence-electron chi connectivity index (χ1n) is 8.95. The topological polar surface area (TPSA) is 15.7 Å². The van der Waals surface area contributed by atoms with Gasteiger partial charge in [-0.05, 0) is 18.9 Å². The summed E-state index contributed by atoms with van der Waals surface area (Å²) in [5, 5.41) is 0. The molecule has 2 fully saturated rings. The summed E-state index contributed by atoms with van der Waals surface area (Å²) < 4.78 is 5.48. The van der Waals surface area contributed by atoms with Crippen molar-refractivity contribution in [2.45, 2.75) is 51.1 Å².